The number of benzene rings is 2. The fourth-order valence-corrected chi connectivity index (χ4v) is 3.68. The van der Waals surface area contributed by atoms with Gasteiger partial charge in [-0.2, -0.15) is 0 Å². The molecule has 7 nitrogen and oxygen atoms in total. The number of ether oxygens (including phenoxy) is 2. The fourth-order valence-electron chi connectivity index (χ4n) is 3.68. The molecule has 0 atom stereocenters. The maximum absolute atomic E-state index is 12.5. The van der Waals surface area contributed by atoms with Gasteiger partial charge >= 0.3 is 0 Å². The Morgan fingerprint density at radius 2 is 1.62 bits per heavy atom. The van der Waals surface area contributed by atoms with E-state index in [1.807, 2.05) is 25.1 Å². The van der Waals surface area contributed by atoms with E-state index in [1.165, 1.54) is 24.7 Å². The van der Waals surface area contributed by atoms with Crippen LogP contribution in [0.15, 0.2) is 36.4 Å². The summed E-state index contributed by atoms with van der Waals surface area (Å²) in [5, 5.41) is 0. The molecule has 170 valence electrons. The van der Waals surface area contributed by atoms with E-state index < -0.39 is 11.8 Å². The Morgan fingerprint density at radius 3 is 2.38 bits per heavy atom. The number of nitrogens with one attached hydrogen (secondary N) is 2. The third-order valence-corrected chi connectivity index (χ3v) is 5.45. The first kappa shape index (κ1) is 23.3. The van der Waals surface area contributed by atoms with Crippen LogP contribution < -0.4 is 20.3 Å². The summed E-state index contributed by atoms with van der Waals surface area (Å²) in [4.78, 5) is 36.9. The highest BCUT2D eigenvalue weighted by Crippen LogP contribution is 2.28. The van der Waals surface area contributed by atoms with Crippen LogP contribution in [0.1, 0.15) is 70.9 Å². The van der Waals surface area contributed by atoms with Gasteiger partial charge in [-0.25, -0.2) is 0 Å². The van der Waals surface area contributed by atoms with Gasteiger partial charge in [-0.1, -0.05) is 19.1 Å². The van der Waals surface area contributed by atoms with Crippen molar-refractivity contribution in [2.24, 2.45) is 0 Å². The number of hydrogen-bond donors (Lipinski definition) is 2. The van der Waals surface area contributed by atoms with Crippen LogP contribution in [0.5, 0.6) is 11.5 Å². The second-order valence-electron chi connectivity index (χ2n) is 7.83. The Balaban J connectivity index is 1.48. The SMILES string of the molecule is CCCOc1ccc(C(=O)NNC(=O)CCC(=O)c2ccc3c(c2)CCCC3)cc1OC. The molecule has 0 saturated heterocycles. The third kappa shape index (κ3) is 6.09. The molecule has 0 fully saturated rings. The van der Waals surface area contributed by atoms with Crippen LogP contribution in [0.2, 0.25) is 0 Å². The van der Waals surface area contributed by atoms with Gasteiger partial charge in [-0.05, 0) is 67.5 Å². The molecule has 0 aliphatic heterocycles. The highest BCUT2D eigenvalue weighted by molar-refractivity contribution is 5.99. The van der Waals surface area contributed by atoms with Crippen LogP contribution >= 0.6 is 0 Å². The van der Waals surface area contributed by atoms with Crippen molar-refractivity contribution in [3.05, 3.63) is 58.7 Å². The molecule has 32 heavy (non-hydrogen) atoms. The lowest BCUT2D eigenvalue weighted by atomic mass is 9.89. The van der Waals surface area contributed by atoms with Crippen LogP contribution in [0.25, 0.3) is 0 Å². The molecule has 0 radical (unpaired) electrons. The topological polar surface area (TPSA) is 93.7 Å². The lowest BCUT2D eigenvalue weighted by Gasteiger charge is -2.16. The van der Waals surface area contributed by atoms with E-state index in [0.717, 1.165) is 25.7 Å². The zero-order valence-corrected chi connectivity index (χ0v) is 18.7. The van der Waals surface area contributed by atoms with Gasteiger partial charge in [0.2, 0.25) is 5.91 Å². The molecular weight excluding hydrogens is 408 g/mol. The minimum absolute atomic E-state index is 0.0106. The second-order valence-corrected chi connectivity index (χ2v) is 7.83. The molecule has 3 rings (SSSR count). The Kier molecular flexibility index (Phi) is 8.25. The first-order valence-corrected chi connectivity index (χ1v) is 11.1. The van der Waals surface area contributed by atoms with Gasteiger partial charge < -0.3 is 9.47 Å². The zero-order valence-electron chi connectivity index (χ0n) is 18.7. The number of carbonyl (C=O) groups excluding carboxylic acids is 3. The van der Waals surface area contributed by atoms with E-state index in [2.05, 4.69) is 10.9 Å². The van der Waals surface area contributed by atoms with Crippen LogP contribution in [0.4, 0.5) is 0 Å². The van der Waals surface area contributed by atoms with Crippen LogP contribution in [0.3, 0.4) is 0 Å². The van der Waals surface area contributed by atoms with Crippen molar-refractivity contribution in [1.82, 2.24) is 10.9 Å². The summed E-state index contributed by atoms with van der Waals surface area (Å²) < 4.78 is 10.8. The van der Waals surface area contributed by atoms with Crippen molar-refractivity contribution in [3.8, 4) is 11.5 Å². The number of aryl methyl sites for hydroxylation is 2. The number of hydrogen-bond acceptors (Lipinski definition) is 5. The number of ketones is 1. The molecule has 1 aliphatic carbocycles. The highest BCUT2D eigenvalue weighted by Gasteiger charge is 2.15. The van der Waals surface area contributed by atoms with Crippen molar-refractivity contribution in [1.29, 1.82) is 0 Å². The van der Waals surface area contributed by atoms with Gasteiger partial charge in [-0.15, -0.1) is 0 Å². The van der Waals surface area contributed by atoms with Crippen molar-refractivity contribution >= 4 is 17.6 Å². The molecule has 2 N–H and O–H groups in total. The Hall–Kier alpha value is -3.35. The first-order chi connectivity index (χ1) is 15.5. The summed E-state index contributed by atoms with van der Waals surface area (Å²) in [6, 6.07) is 10.6. The molecule has 0 bridgehead atoms. The predicted molar refractivity (Wildman–Crippen MR) is 121 cm³/mol. The normalized spacial score (nSPS) is 12.4. The number of carbonyl (C=O) groups is 3. The summed E-state index contributed by atoms with van der Waals surface area (Å²) in [7, 11) is 1.50. The minimum atomic E-state index is -0.486. The summed E-state index contributed by atoms with van der Waals surface area (Å²) in [5.41, 5.74) is 8.24. The lowest BCUT2D eigenvalue weighted by molar-refractivity contribution is -0.121. The van der Waals surface area contributed by atoms with Gasteiger partial charge in [0.1, 0.15) is 0 Å². The second kappa shape index (κ2) is 11.3. The number of rotatable bonds is 9. The molecule has 7 heteroatoms. The van der Waals surface area contributed by atoms with E-state index in [0.29, 0.717) is 29.2 Å². The molecule has 1 aliphatic rings. The van der Waals surface area contributed by atoms with Crippen LogP contribution in [-0.4, -0.2) is 31.3 Å². The minimum Gasteiger partial charge on any atom is -0.493 e. The first-order valence-electron chi connectivity index (χ1n) is 11.1. The molecular formula is C25H30N2O5. The number of Topliss-reactive ketones (excluding diaryl/α,β-unsaturated/α-hetero) is 1. The predicted octanol–water partition coefficient (Wildman–Crippen LogP) is 3.79. The Bertz CT molecular complexity index is 986. The van der Waals surface area contributed by atoms with E-state index >= 15 is 0 Å². The van der Waals surface area contributed by atoms with Gasteiger partial charge in [0, 0.05) is 24.0 Å². The number of fused-ring (bicyclic) bond motifs is 1. The standard InChI is InChI=1S/C25H30N2O5/c1-3-14-32-22-12-10-20(16-23(22)31-2)25(30)27-26-24(29)13-11-21(28)19-9-8-17-6-4-5-7-18(17)15-19/h8-10,12,15-16H,3-7,11,13-14H2,1-2H3,(H,26,29)(H,27,30). The maximum Gasteiger partial charge on any atom is 0.269 e. The lowest BCUT2D eigenvalue weighted by Crippen LogP contribution is -2.41. The van der Waals surface area contributed by atoms with Crippen molar-refractivity contribution in [3.63, 3.8) is 0 Å². The van der Waals surface area contributed by atoms with E-state index in [9.17, 15) is 14.4 Å². The third-order valence-electron chi connectivity index (χ3n) is 5.45. The average Bonchev–Trinajstić information content (AvgIpc) is 2.83. The summed E-state index contributed by atoms with van der Waals surface area (Å²) >= 11 is 0. The van der Waals surface area contributed by atoms with E-state index in [4.69, 9.17) is 9.47 Å². The Labute approximate surface area is 188 Å². The summed E-state index contributed by atoms with van der Waals surface area (Å²) in [5.74, 6) is -0.00446. The molecule has 0 heterocycles. The molecule has 2 amide bonds. The van der Waals surface area contributed by atoms with Crippen molar-refractivity contribution < 1.29 is 23.9 Å². The Morgan fingerprint density at radius 1 is 0.875 bits per heavy atom. The molecule has 2 aromatic carbocycles. The number of amides is 2. The molecule has 0 saturated carbocycles. The van der Waals surface area contributed by atoms with E-state index in [1.54, 1.807) is 18.2 Å². The number of hydrazine groups is 1. The van der Waals surface area contributed by atoms with E-state index in [-0.39, 0.29) is 18.6 Å². The smallest absolute Gasteiger partial charge is 0.269 e. The molecule has 0 spiro atoms. The highest BCUT2D eigenvalue weighted by atomic mass is 16.5. The maximum atomic E-state index is 12.5. The van der Waals surface area contributed by atoms with Gasteiger partial charge in [0.15, 0.2) is 17.3 Å². The monoisotopic (exact) mass is 438 g/mol. The van der Waals surface area contributed by atoms with Gasteiger partial charge in [0.25, 0.3) is 5.91 Å². The average molecular weight is 439 g/mol. The van der Waals surface area contributed by atoms with Gasteiger partial charge in [0.05, 0.1) is 13.7 Å². The van der Waals surface area contributed by atoms with Crippen LogP contribution in [-0.2, 0) is 17.6 Å². The number of methoxy groups -OCH3 is 1. The largest absolute Gasteiger partial charge is 0.493 e. The molecule has 0 aromatic heterocycles. The van der Waals surface area contributed by atoms with Crippen molar-refractivity contribution in [2.75, 3.05) is 13.7 Å². The summed E-state index contributed by atoms with van der Waals surface area (Å²) in [6.07, 6.45) is 5.32. The van der Waals surface area contributed by atoms with Crippen LogP contribution in [0, 0.1) is 0 Å². The fraction of sp³-hybridized carbons (Fsp3) is 0.400. The zero-order chi connectivity index (χ0) is 22.9. The summed E-state index contributed by atoms with van der Waals surface area (Å²) in [6.45, 7) is 2.54. The molecule has 0 unspecified atom stereocenters. The molecule has 2 aromatic rings. The quantitative estimate of drug-likeness (QED) is 0.459. The van der Waals surface area contributed by atoms with Gasteiger partial charge in [-0.3, -0.25) is 25.2 Å². The van der Waals surface area contributed by atoms with Crippen molar-refractivity contribution in [2.45, 2.75) is 51.9 Å².